The molecule has 2 aliphatic rings. The van der Waals surface area contributed by atoms with E-state index >= 15 is 0 Å². The van der Waals surface area contributed by atoms with Gasteiger partial charge in [0.2, 0.25) is 5.91 Å². The van der Waals surface area contributed by atoms with Crippen LogP contribution in [0.3, 0.4) is 0 Å². The first-order chi connectivity index (χ1) is 13.0. The Labute approximate surface area is 158 Å². The van der Waals surface area contributed by atoms with E-state index in [1.807, 2.05) is 15.9 Å². The lowest BCUT2D eigenvalue weighted by atomic mass is 9.84. The van der Waals surface area contributed by atoms with Crippen molar-refractivity contribution >= 4 is 22.8 Å². The first kappa shape index (κ1) is 17.8. The van der Waals surface area contributed by atoms with Gasteiger partial charge in [0.1, 0.15) is 0 Å². The molecule has 1 aliphatic carbocycles. The summed E-state index contributed by atoms with van der Waals surface area (Å²) in [5.41, 5.74) is 2.05. The first-order valence-electron chi connectivity index (χ1n) is 9.71. The highest BCUT2D eigenvalue weighted by Crippen LogP contribution is 2.28. The van der Waals surface area contributed by atoms with E-state index in [0.29, 0.717) is 25.2 Å². The molecule has 0 atom stereocenters. The predicted octanol–water partition coefficient (Wildman–Crippen LogP) is 1.35. The summed E-state index contributed by atoms with van der Waals surface area (Å²) in [6, 6.07) is 5.40. The van der Waals surface area contributed by atoms with Crippen molar-refractivity contribution in [3.8, 4) is 0 Å². The van der Waals surface area contributed by atoms with Gasteiger partial charge >= 0.3 is 5.69 Å². The summed E-state index contributed by atoms with van der Waals surface area (Å²) in [4.78, 5) is 41.3. The average Bonchev–Trinajstić information content (AvgIpc) is 2.82. The molecule has 0 radical (unpaired) electrons. The highest BCUT2D eigenvalue weighted by Gasteiger charge is 2.31. The van der Waals surface area contributed by atoms with Crippen LogP contribution in [0.4, 0.5) is 0 Å². The Morgan fingerprint density at radius 3 is 2.26 bits per heavy atom. The number of carbonyl (C=O) groups excluding carboxylic acids is 2. The standard InChI is InChI=1S/C20H26N4O3/c1-21-16-8-7-15(13-17(16)22(2)20(21)27)19(26)24-10-4-9-23(11-12-24)18(25)14-5-3-6-14/h7-8,13-14H,3-6,9-12H2,1-2H3. The van der Waals surface area contributed by atoms with E-state index in [9.17, 15) is 14.4 Å². The van der Waals surface area contributed by atoms with Crippen molar-refractivity contribution in [1.82, 2.24) is 18.9 Å². The summed E-state index contributed by atoms with van der Waals surface area (Å²) in [6.07, 6.45) is 3.97. The van der Waals surface area contributed by atoms with E-state index in [4.69, 9.17) is 0 Å². The summed E-state index contributed by atoms with van der Waals surface area (Å²) < 4.78 is 3.15. The zero-order valence-electron chi connectivity index (χ0n) is 16.0. The Morgan fingerprint density at radius 2 is 1.56 bits per heavy atom. The third-order valence-electron chi connectivity index (χ3n) is 6.07. The fourth-order valence-corrected chi connectivity index (χ4v) is 4.08. The van der Waals surface area contributed by atoms with E-state index in [1.54, 1.807) is 35.4 Å². The minimum absolute atomic E-state index is 0.0360. The third kappa shape index (κ3) is 3.05. The maximum atomic E-state index is 13.0. The van der Waals surface area contributed by atoms with Crippen LogP contribution in [0.5, 0.6) is 0 Å². The molecule has 1 aromatic heterocycles. The van der Waals surface area contributed by atoms with Gasteiger partial charge in [-0.2, -0.15) is 0 Å². The van der Waals surface area contributed by atoms with E-state index in [1.165, 1.54) is 0 Å². The van der Waals surface area contributed by atoms with Gasteiger partial charge in [-0.05, 0) is 37.5 Å². The van der Waals surface area contributed by atoms with Crippen molar-refractivity contribution in [2.45, 2.75) is 25.7 Å². The SMILES string of the molecule is Cn1c(=O)n(C)c2cc(C(=O)N3CCCN(C(=O)C4CCC4)CC3)ccc21. The lowest BCUT2D eigenvalue weighted by Crippen LogP contribution is -2.41. The molecule has 1 saturated heterocycles. The molecule has 2 fully saturated rings. The Kier molecular flexibility index (Phi) is 4.53. The molecule has 2 amide bonds. The molecule has 1 saturated carbocycles. The molecule has 2 heterocycles. The van der Waals surface area contributed by atoms with E-state index in [-0.39, 0.29) is 23.4 Å². The molecule has 1 aliphatic heterocycles. The zero-order valence-corrected chi connectivity index (χ0v) is 16.0. The quantitative estimate of drug-likeness (QED) is 0.801. The second-order valence-corrected chi connectivity index (χ2v) is 7.70. The van der Waals surface area contributed by atoms with Gasteiger partial charge in [-0.25, -0.2) is 4.79 Å². The number of imidazole rings is 1. The molecule has 0 bridgehead atoms. The van der Waals surface area contributed by atoms with Gasteiger partial charge in [0.05, 0.1) is 11.0 Å². The van der Waals surface area contributed by atoms with Crippen LogP contribution < -0.4 is 5.69 Å². The van der Waals surface area contributed by atoms with Gasteiger partial charge in [-0.15, -0.1) is 0 Å². The number of aryl methyl sites for hydroxylation is 2. The molecular formula is C20H26N4O3. The Balaban J connectivity index is 1.51. The maximum absolute atomic E-state index is 13.0. The van der Waals surface area contributed by atoms with E-state index in [2.05, 4.69) is 0 Å². The second-order valence-electron chi connectivity index (χ2n) is 7.70. The van der Waals surface area contributed by atoms with Crippen LogP contribution in [0.2, 0.25) is 0 Å². The lowest BCUT2D eigenvalue weighted by Gasteiger charge is -2.31. The van der Waals surface area contributed by atoms with Crippen LogP contribution in [0, 0.1) is 5.92 Å². The molecule has 144 valence electrons. The molecular weight excluding hydrogens is 344 g/mol. The first-order valence-corrected chi connectivity index (χ1v) is 9.71. The molecule has 1 aromatic carbocycles. The number of benzene rings is 1. The Bertz CT molecular complexity index is 954. The van der Waals surface area contributed by atoms with Crippen LogP contribution in [-0.4, -0.2) is 56.9 Å². The lowest BCUT2D eigenvalue weighted by molar-refractivity contribution is -0.138. The topological polar surface area (TPSA) is 67.6 Å². The van der Waals surface area contributed by atoms with Crippen LogP contribution in [-0.2, 0) is 18.9 Å². The normalized spacial score (nSPS) is 18.4. The van der Waals surface area contributed by atoms with Crippen LogP contribution in [0.15, 0.2) is 23.0 Å². The Morgan fingerprint density at radius 1 is 0.889 bits per heavy atom. The predicted molar refractivity (Wildman–Crippen MR) is 103 cm³/mol. The molecule has 0 spiro atoms. The molecule has 7 heteroatoms. The molecule has 27 heavy (non-hydrogen) atoms. The monoisotopic (exact) mass is 370 g/mol. The van der Waals surface area contributed by atoms with Gasteiger partial charge in [0, 0.05) is 51.8 Å². The van der Waals surface area contributed by atoms with Crippen molar-refractivity contribution in [2.75, 3.05) is 26.2 Å². The Hall–Kier alpha value is -2.57. The van der Waals surface area contributed by atoms with Gasteiger partial charge in [0.15, 0.2) is 0 Å². The van der Waals surface area contributed by atoms with Crippen molar-refractivity contribution in [3.63, 3.8) is 0 Å². The minimum Gasteiger partial charge on any atom is -0.341 e. The largest absolute Gasteiger partial charge is 0.341 e. The average molecular weight is 370 g/mol. The number of fused-ring (bicyclic) bond motifs is 1. The molecule has 0 N–H and O–H groups in total. The van der Waals surface area contributed by atoms with Crippen molar-refractivity contribution in [2.24, 2.45) is 20.0 Å². The van der Waals surface area contributed by atoms with Gasteiger partial charge in [-0.1, -0.05) is 6.42 Å². The number of amides is 2. The number of carbonyl (C=O) groups is 2. The fourth-order valence-electron chi connectivity index (χ4n) is 4.08. The summed E-state index contributed by atoms with van der Waals surface area (Å²) in [5.74, 6) is 0.427. The fraction of sp³-hybridized carbons (Fsp3) is 0.550. The van der Waals surface area contributed by atoms with Crippen molar-refractivity contribution in [3.05, 3.63) is 34.2 Å². The molecule has 0 unspecified atom stereocenters. The number of aromatic nitrogens is 2. The maximum Gasteiger partial charge on any atom is 0.328 e. The highest BCUT2D eigenvalue weighted by molar-refractivity contribution is 5.97. The van der Waals surface area contributed by atoms with Gasteiger partial charge in [-0.3, -0.25) is 18.7 Å². The van der Waals surface area contributed by atoms with Gasteiger partial charge in [0.25, 0.3) is 5.91 Å². The summed E-state index contributed by atoms with van der Waals surface area (Å²) in [7, 11) is 3.45. The van der Waals surface area contributed by atoms with Crippen LogP contribution in [0.1, 0.15) is 36.0 Å². The zero-order chi connectivity index (χ0) is 19.1. The second kappa shape index (κ2) is 6.87. The molecule has 4 rings (SSSR count). The molecule has 2 aromatic rings. The number of nitrogens with zero attached hydrogens (tertiary/aromatic N) is 4. The van der Waals surface area contributed by atoms with Crippen molar-refractivity contribution < 1.29 is 9.59 Å². The third-order valence-corrected chi connectivity index (χ3v) is 6.07. The van der Waals surface area contributed by atoms with E-state index in [0.717, 1.165) is 43.3 Å². The smallest absolute Gasteiger partial charge is 0.328 e. The van der Waals surface area contributed by atoms with Gasteiger partial charge < -0.3 is 9.80 Å². The summed E-state index contributed by atoms with van der Waals surface area (Å²) in [6.45, 7) is 2.54. The highest BCUT2D eigenvalue weighted by atomic mass is 16.2. The number of rotatable bonds is 2. The molecule has 7 nitrogen and oxygen atoms in total. The van der Waals surface area contributed by atoms with Crippen molar-refractivity contribution in [1.29, 1.82) is 0 Å². The van der Waals surface area contributed by atoms with E-state index < -0.39 is 0 Å². The number of hydrogen-bond acceptors (Lipinski definition) is 3. The summed E-state index contributed by atoms with van der Waals surface area (Å²) in [5, 5.41) is 0. The summed E-state index contributed by atoms with van der Waals surface area (Å²) >= 11 is 0. The minimum atomic E-state index is -0.102. The van der Waals surface area contributed by atoms with Crippen LogP contribution in [0.25, 0.3) is 11.0 Å². The van der Waals surface area contributed by atoms with Crippen LogP contribution >= 0.6 is 0 Å². The number of hydrogen-bond donors (Lipinski definition) is 0.